The van der Waals surface area contributed by atoms with E-state index in [4.69, 9.17) is 23.2 Å². The molecule has 0 saturated carbocycles. The van der Waals surface area contributed by atoms with Gasteiger partial charge in [-0.25, -0.2) is 0 Å². The van der Waals surface area contributed by atoms with E-state index in [9.17, 15) is 4.79 Å². The normalized spacial score (nSPS) is 10.2. The molecule has 0 spiro atoms. The molecule has 0 aliphatic rings. The summed E-state index contributed by atoms with van der Waals surface area (Å²) in [6, 6.07) is 11.9. The third kappa shape index (κ3) is 3.03. The van der Waals surface area contributed by atoms with Crippen molar-refractivity contribution in [1.82, 2.24) is 0 Å². The van der Waals surface area contributed by atoms with Crippen LogP contribution in [0.1, 0.15) is 15.9 Å². The summed E-state index contributed by atoms with van der Waals surface area (Å²) in [4.78, 5) is 11.9. The molecule has 1 radical (unpaired) electrons. The average Bonchev–Trinajstić information content (AvgIpc) is 2.34. The summed E-state index contributed by atoms with van der Waals surface area (Å²) >= 11 is 11.7. The first kappa shape index (κ1) is 12.9. The van der Waals surface area contributed by atoms with Gasteiger partial charge in [-0.15, -0.1) is 0 Å². The van der Waals surface area contributed by atoms with Gasteiger partial charge in [-0.05, 0) is 42.8 Å². The number of anilines is 1. The zero-order valence-corrected chi connectivity index (χ0v) is 10.9. The Morgan fingerprint density at radius 1 is 1.00 bits per heavy atom. The fourth-order valence-corrected chi connectivity index (χ4v) is 1.73. The van der Waals surface area contributed by atoms with Gasteiger partial charge in [-0.3, -0.25) is 4.79 Å². The van der Waals surface area contributed by atoms with Crippen LogP contribution in [0.15, 0.2) is 42.5 Å². The highest BCUT2D eigenvalue weighted by atomic mass is 35.5. The molecule has 0 aliphatic carbocycles. The van der Waals surface area contributed by atoms with Crippen LogP contribution in [0, 0.1) is 6.92 Å². The summed E-state index contributed by atoms with van der Waals surface area (Å²) in [6.45, 7) is 3.76. The van der Waals surface area contributed by atoms with Crippen molar-refractivity contribution in [2.75, 3.05) is 5.32 Å². The van der Waals surface area contributed by atoms with E-state index in [0.717, 1.165) is 5.56 Å². The van der Waals surface area contributed by atoms with Gasteiger partial charge in [0.05, 0.1) is 10.0 Å². The van der Waals surface area contributed by atoms with Gasteiger partial charge in [0, 0.05) is 11.3 Å². The Kier molecular flexibility index (Phi) is 3.90. The van der Waals surface area contributed by atoms with Gasteiger partial charge < -0.3 is 5.32 Å². The molecule has 0 saturated heterocycles. The highest BCUT2D eigenvalue weighted by Crippen LogP contribution is 2.25. The second-order valence-electron chi connectivity index (χ2n) is 3.78. The van der Waals surface area contributed by atoms with E-state index in [2.05, 4.69) is 12.2 Å². The summed E-state index contributed by atoms with van der Waals surface area (Å²) in [5, 5.41) is 3.60. The Hall–Kier alpha value is -1.51. The molecule has 0 aromatic heterocycles. The minimum atomic E-state index is -0.201. The molecule has 0 fully saturated rings. The van der Waals surface area contributed by atoms with Crippen molar-refractivity contribution >= 4 is 34.8 Å². The van der Waals surface area contributed by atoms with Crippen LogP contribution in [0.3, 0.4) is 0 Å². The molecular formula is C14H10Cl2NO. The Balaban J connectivity index is 2.16. The van der Waals surface area contributed by atoms with Gasteiger partial charge in [0.1, 0.15) is 0 Å². The smallest absolute Gasteiger partial charge is 0.255 e. The number of carbonyl (C=O) groups is 1. The number of hydrogen-bond donors (Lipinski definition) is 1. The zero-order chi connectivity index (χ0) is 13.1. The molecule has 2 nitrogen and oxygen atoms in total. The molecule has 0 bridgehead atoms. The molecule has 0 aliphatic heterocycles. The first-order valence-electron chi connectivity index (χ1n) is 5.25. The Morgan fingerprint density at radius 3 is 2.28 bits per heavy atom. The lowest BCUT2D eigenvalue weighted by atomic mass is 10.1. The third-order valence-electron chi connectivity index (χ3n) is 2.39. The predicted molar refractivity (Wildman–Crippen MR) is 75.3 cm³/mol. The van der Waals surface area contributed by atoms with Crippen LogP contribution in [0.25, 0.3) is 0 Å². The molecule has 4 heteroatoms. The van der Waals surface area contributed by atoms with E-state index in [1.807, 2.05) is 0 Å². The Labute approximate surface area is 116 Å². The summed E-state index contributed by atoms with van der Waals surface area (Å²) < 4.78 is 0. The van der Waals surface area contributed by atoms with Crippen LogP contribution in [0.2, 0.25) is 10.0 Å². The van der Waals surface area contributed by atoms with Crippen LogP contribution in [0.4, 0.5) is 5.69 Å². The summed E-state index contributed by atoms with van der Waals surface area (Å²) in [7, 11) is 0. The van der Waals surface area contributed by atoms with E-state index >= 15 is 0 Å². The topological polar surface area (TPSA) is 29.1 Å². The van der Waals surface area contributed by atoms with Crippen LogP contribution >= 0.6 is 23.2 Å². The number of halogens is 2. The number of nitrogens with one attached hydrogen (secondary N) is 1. The maximum absolute atomic E-state index is 11.9. The van der Waals surface area contributed by atoms with E-state index < -0.39 is 0 Å². The number of rotatable bonds is 2. The maximum Gasteiger partial charge on any atom is 0.255 e. The molecule has 0 atom stereocenters. The standard InChI is InChI=1S/C14H10Cl2NO/c1-9-2-4-10(5-3-9)14(18)17-11-6-7-12(15)13(16)8-11/h2-8H,1H2,(H,17,18). The van der Waals surface area contributed by atoms with Crippen molar-refractivity contribution in [2.45, 2.75) is 0 Å². The predicted octanol–water partition coefficient (Wildman–Crippen LogP) is 4.43. The highest BCUT2D eigenvalue weighted by molar-refractivity contribution is 6.42. The van der Waals surface area contributed by atoms with Gasteiger partial charge in [0.2, 0.25) is 0 Å². The lowest BCUT2D eigenvalue weighted by Crippen LogP contribution is -2.11. The van der Waals surface area contributed by atoms with Gasteiger partial charge in [-0.2, -0.15) is 0 Å². The molecule has 2 aromatic rings. The molecule has 1 amide bonds. The Morgan fingerprint density at radius 2 is 1.67 bits per heavy atom. The monoisotopic (exact) mass is 278 g/mol. The first-order chi connectivity index (χ1) is 8.56. The zero-order valence-electron chi connectivity index (χ0n) is 9.41. The minimum Gasteiger partial charge on any atom is -0.322 e. The van der Waals surface area contributed by atoms with E-state index in [0.29, 0.717) is 21.3 Å². The molecule has 2 aromatic carbocycles. The van der Waals surface area contributed by atoms with Gasteiger partial charge >= 0.3 is 0 Å². The molecule has 18 heavy (non-hydrogen) atoms. The number of hydrogen-bond acceptors (Lipinski definition) is 1. The molecule has 1 N–H and O–H groups in total. The van der Waals surface area contributed by atoms with Crippen molar-refractivity contribution in [1.29, 1.82) is 0 Å². The van der Waals surface area contributed by atoms with Crippen molar-refractivity contribution in [2.24, 2.45) is 0 Å². The highest BCUT2D eigenvalue weighted by Gasteiger charge is 2.06. The molecule has 91 valence electrons. The fraction of sp³-hybridized carbons (Fsp3) is 0. The van der Waals surface area contributed by atoms with E-state index in [-0.39, 0.29) is 5.91 Å². The summed E-state index contributed by atoms with van der Waals surface area (Å²) in [5.74, 6) is -0.201. The molecule has 2 rings (SSSR count). The maximum atomic E-state index is 11.9. The number of amides is 1. The molecule has 0 unspecified atom stereocenters. The number of benzene rings is 2. The summed E-state index contributed by atoms with van der Waals surface area (Å²) in [6.07, 6.45) is 0. The lowest BCUT2D eigenvalue weighted by molar-refractivity contribution is 0.102. The van der Waals surface area contributed by atoms with Crippen LogP contribution in [-0.4, -0.2) is 5.91 Å². The van der Waals surface area contributed by atoms with Gasteiger partial charge in [-0.1, -0.05) is 35.3 Å². The van der Waals surface area contributed by atoms with Gasteiger partial charge in [0.25, 0.3) is 5.91 Å². The lowest BCUT2D eigenvalue weighted by Gasteiger charge is -2.06. The van der Waals surface area contributed by atoms with Crippen LogP contribution in [0.5, 0.6) is 0 Å². The second-order valence-corrected chi connectivity index (χ2v) is 4.59. The second kappa shape index (κ2) is 5.42. The molecular weight excluding hydrogens is 269 g/mol. The average molecular weight is 279 g/mol. The van der Waals surface area contributed by atoms with E-state index in [1.165, 1.54) is 0 Å². The van der Waals surface area contributed by atoms with Crippen molar-refractivity contribution in [3.8, 4) is 0 Å². The van der Waals surface area contributed by atoms with E-state index in [1.54, 1.807) is 42.5 Å². The molecule has 0 heterocycles. The SMILES string of the molecule is [CH2]c1ccc(C(=O)Nc2ccc(Cl)c(Cl)c2)cc1. The van der Waals surface area contributed by atoms with Crippen LogP contribution < -0.4 is 5.32 Å². The van der Waals surface area contributed by atoms with Crippen LogP contribution in [-0.2, 0) is 0 Å². The van der Waals surface area contributed by atoms with Crippen molar-refractivity contribution < 1.29 is 4.79 Å². The van der Waals surface area contributed by atoms with Crippen molar-refractivity contribution in [3.63, 3.8) is 0 Å². The minimum absolute atomic E-state index is 0.201. The summed E-state index contributed by atoms with van der Waals surface area (Å²) in [5.41, 5.74) is 2.03. The number of carbonyl (C=O) groups excluding carboxylic acids is 1. The van der Waals surface area contributed by atoms with Crippen molar-refractivity contribution in [3.05, 3.63) is 70.6 Å². The third-order valence-corrected chi connectivity index (χ3v) is 3.13. The first-order valence-corrected chi connectivity index (χ1v) is 6.00. The quantitative estimate of drug-likeness (QED) is 0.865. The largest absolute Gasteiger partial charge is 0.322 e. The fourth-order valence-electron chi connectivity index (χ4n) is 1.43. The van der Waals surface area contributed by atoms with Gasteiger partial charge in [0.15, 0.2) is 0 Å². The Bertz CT molecular complexity index is 579.